The Bertz CT molecular complexity index is 554. The SMILES string of the molecule is CCN(CC)c1cc(C)c(N)c(C(=O)CC[C@H](N)C(=O)O)c1. The Balaban J connectivity index is 3.02. The molecule has 0 aromatic heterocycles. The second-order valence-electron chi connectivity index (χ2n) is 5.30. The van der Waals surface area contributed by atoms with Gasteiger partial charge in [-0.25, -0.2) is 0 Å². The first kappa shape index (κ1) is 18.0. The van der Waals surface area contributed by atoms with Gasteiger partial charge in [0.1, 0.15) is 6.04 Å². The molecule has 0 aliphatic heterocycles. The summed E-state index contributed by atoms with van der Waals surface area (Å²) in [6, 6.07) is 2.71. The number of nitrogen functional groups attached to an aromatic ring is 1. The van der Waals surface area contributed by atoms with Gasteiger partial charge in [0, 0.05) is 36.4 Å². The molecule has 22 heavy (non-hydrogen) atoms. The van der Waals surface area contributed by atoms with E-state index >= 15 is 0 Å². The molecule has 1 aromatic rings. The Morgan fingerprint density at radius 3 is 2.36 bits per heavy atom. The summed E-state index contributed by atoms with van der Waals surface area (Å²) in [7, 11) is 0. The van der Waals surface area contributed by atoms with Crippen LogP contribution in [0.4, 0.5) is 11.4 Å². The lowest BCUT2D eigenvalue weighted by molar-refractivity contribution is -0.138. The van der Waals surface area contributed by atoms with Crippen molar-refractivity contribution < 1.29 is 14.7 Å². The normalized spacial score (nSPS) is 12.0. The third-order valence-electron chi connectivity index (χ3n) is 3.80. The topological polar surface area (TPSA) is 110 Å². The Kier molecular flexibility index (Phi) is 6.37. The van der Waals surface area contributed by atoms with Crippen molar-refractivity contribution in [1.29, 1.82) is 0 Å². The van der Waals surface area contributed by atoms with Crippen LogP contribution in [0, 0.1) is 6.92 Å². The molecular formula is C16H25N3O3. The highest BCUT2D eigenvalue weighted by atomic mass is 16.4. The fraction of sp³-hybridized carbons (Fsp3) is 0.500. The van der Waals surface area contributed by atoms with Crippen molar-refractivity contribution in [2.75, 3.05) is 23.7 Å². The van der Waals surface area contributed by atoms with Crippen LogP contribution >= 0.6 is 0 Å². The molecule has 0 bridgehead atoms. The van der Waals surface area contributed by atoms with Gasteiger partial charge in [-0.05, 0) is 44.9 Å². The molecule has 0 radical (unpaired) electrons. The number of carbonyl (C=O) groups is 2. The van der Waals surface area contributed by atoms with E-state index in [2.05, 4.69) is 4.90 Å². The third-order valence-corrected chi connectivity index (χ3v) is 3.80. The third kappa shape index (κ3) is 4.21. The maximum absolute atomic E-state index is 12.3. The van der Waals surface area contributed by atoms with E-state index in [0.717, 1.165) is 24.3 Å². The monoisotopic (exact) mass is 307 g/mol. The largest absolute Gasteiger partial charge is 0.480 e. The molecule has 1 aromatic carbocycles. The Labute approximate surface area is 131 Å². The van der Waals surface area contributed by atoms with E-state index in [1.165, 1.54) is 0 Å². The highest BCUT2D eigenvalue weighted by Crippen LogP contribution is 2.27. The molecule has 1 rings (SSSR count). The van der Waals surface area contributed by atoms with Gasteiger partial charge in [0.15, 0.2) is 5.78 Å². The number of carboxylic acids is 1. The number of ketones is 1. The second kappa shape index (κ2) is 7.79. The zero-order valence-corrected chi connectivity index (χ0v) is 13.4. The zero-order valence-electron chi connectivity index (χ0n) is 13.4. The lowest BCUT2D eigenvalue weighted by Gasteiger charge is -2.23. The van der Waals surface area contributed by atoms with Crippen LogP contribution in [0.2, 0.25) is 0 Å². The summed E-state index contributed by atoms with van der Waals surface area (Å²) in [4.78, 5) is 25.2. The minimum absolute atomic E-state index is 0.0683. The summed E-state index contributed by atoms with van der Waals surface area (Å²) in [5.41, 5.74) is 14.1. The molecule has 0 unspecified atom stereocenters. The van der Waals surface area contributed by atoms with Crippen molar-refractivity contribution in [2.24, 2.45) is 5.73 Å². The van der Waals surface area contributed by atoms with Crippen molar-refractivity contribution >= 4 is 23.1 Å². The molecule has 0 heterocycles. The molecule has 0 saturated carbocycles. The van der Waals surface area contributed by atoms with Gasteiger partial charge in [-0.15, -0.1) is 0 Å². The average molecular weight is 307 g/mol. The van der Waals surface area contributed by atoms with Crippen molar-refractivity contribution in [2.45, 2.75) is 39.7 Å². The van der Waals surface area contributed by atoms with Gasteiger partial charge in [0.05, 0.1) is 0 Å². The minimum atomic E-state index is -1.10. The lowest BCUT2D eigenvalue weighted by Crippen LogP contribution is -2.30. The van der Waals surface area contributed by atoms with Gasteiger partial charge in [0.25, 0.3) is 0 Å². The highest BCUT2D eigenvalue weighted by Gasteiger charge is 2.18. The van der Waals surface area contributed by atoms with Crippen LogP contribution in [0.25, 0.3) is 0 Å². The van der Waals surface area contributed by atoms with Crippen LogP contribution in [0.3, 0.4) is 0 Å². The standard InChI is InChI=1S/C16H25N3O3/c1-4-19(5-2)11-8-10(3)15(18)12(9-11)14(20)7-6-13(17)16(21)22/h8-9,13H,4-7,17-18H2,1-3H3,(H,21,22)/t13-/m0/s1. The van der Waals surface area contributed by atoms with E-state index in [0.29, 0.717) is 11.3 Å². The number of anilines is 2. The Morgan fingerprint density at radius 2 is 1.86 bits per heavy atom. The fourth-order valence-corrected chi connectivity index (χ4v) is 2.33. The number of rotatable bonds is 8. The summed E-state index contributed by atoms with van der Waals surface area (Å²) in [5, 5.41) is 8.78. The fourth-order valence-electron chi connectivity index (χ4n) is 2.33. The summed E-state index contributed by atoms with van der Waals surface area (Å²) in [6.45, 7) is 7.61. The molecule has 1 atom stereocenters. The van der Waals surface area contributed by atoms with E-state index in [9.17, 15) is 9.59 Å². The number of nitrogens with zero attached hydrogens (tertiary/aromatic N) is 1. The first-order valence-electron chi connectivity index (χ1n) is 7.48. The number of carbonyl (C=O) groups excluding carboxylic acids is 1. The van der Waals surface area contributed by atoms with Crippen molar-refractivity contribution in [3.8, 4) is 0 Å². The number of aliphatic carboxylic acids is 1. The van der Waals surface area contributed by atoms with Gasteiger partial charge < -0.3 is 21.5 Å². The predicted octanol–water partition coefficient (Wildman–Crippen LogP) is 1.80. The molecule has 5 N–H and O–H groups in total. The van der Waals surface area contributed by atoms with E-state index < -0.39 is 12.0 Å². The molecule has 0 spiro atoms. The highest BCUT2D eigenvalue weighted by molar-refractivity contribution is 6.02. The minimum Gasteiger partial charge on any atom is -0.480 e. The van der Waals surface area contributed by atoms with Gasteiger partial charge in [-0.1, -0.05) is 0 Å². The van der Waals surface area contributed by atoms with E-state index in [1.54, 1.807) is 6.07 Å². The van der Waals surface area contributed by atoms with Crippen LogP contribution in [-0.4, -0.2) is 36.0 Å². The van der Waals surface area contributed by atoms with Crippen molar-refractivity contribution in [1.82, 2.24) is 0 Å². The summed E-state index contributed by atoms with van der Waals surface area (Å²) in [5.74, 6) is -1.28. The average Bonchev–Trinajstić information content (AvgIpc) is 2.48. The van der Waals surface area contributed by atoms with Gasteiger partial charge in [0.2, 0.25) is 0 Å². The Hall–Kier alpha value is -2.08. The molecule has 122 valence electrons. The quantitative estimate of drug-likeness (QED) is 0.499. The van der Waals surface area contributed by atoms with Crippen LogP contribution in [0.5, 0.6) is 0 Å². The van der Waals surface area contributed by atoms with Crippen LogP contribution in [0.15, 0.2) is 12.1 Å². The molecule has 0 saturated heterocycles. The number of aryl methyl sites for hydroxylation is 1. The Morgan fingerprint density at radius 1 is 1.27 bits per heavy atom. The number of hydrogen-bond donors (Lipinski definition) is 3. The number of Topliss-reactive ketones (excluding diaryl/α,β-unsaturated/α-hetero) is 1. The van der Waals surface area contributed by atoms with Crippen LogP contribution < -0.4 is 16.4 Å². The summed E-state index contributed by atoms with van der Waals surface area (Å²) >= 11 is 0. The van der Waals surface area contributed by atoms with Crippen LogP contribution in [0.1, 0.15) is 42.6 Å². The molecule has 0 amide bonds. The van der Waals surface area contributed by atoms with E-state index in [-0.39, 0.29) is 18.6 Å². The van der Waals surface area contributed by atoms with Crippen LogP contribution in [-0.2, 0) is 4.79 Å². The smallest absolute Gasteiger partial charge is 0.320 e. The second-order valence-corrected chi connectivity index (χ2v) is 5.30. The predicted molar refractivity (Wildman–Crippen MR) is 88.3 cm³/mol. The van der Waals surface area contributed by atoms with Gasteiger partial charge in [-0.2, -0.15) is 0 Å². The maximum Gasteiger partial charge on any atom is 0.320 e. The molecule has 6 nitrogen and oxygen atoms in total. The summed E-state index contributed by atoms with van der Waals surface area (Å²) < 4.78 is 0. The molecule has 0 fully saturated rings. The van der Waals surface area contributed by atoms with Crippen molar-refractivity contribution in [3.05, 3.63) is 23.3 Å². The van der Waals surface area contributed by atoms with Crippen molar-refractivity contribution in [3.63, 3.8) is 0 Å². The number of benzene rings is 1. The van der Waals surface area contributed by atoms with Gasteiger partial charge in [-0.3, -0.25) is 9.59 Å². The first-order chi connectivity index (χ1) is 10.3. The first-order valence-corrected chi connectivity index (χ1v) is 7.48. The summed E-state index contributed by atoms with van der Waals surface area (Å²) in [6.07, 6.45) is 0.168. The van der Waals surface area contributed by atoms with E-state index in [4.69, 9.17) is 16.6 Å². The van der Waals surface area contributed by atoms with E-state index in [1.807, 2.05) is 26.8 Å². The molecule has 6 heteroatoms. The lowest BCUT2D eigenvalue weighted by atomic mass is 9.98. The maximum atomic E-state index is 12.3. The number of hydrogen-bond acceptors (Lipinski definition) is 5. The molecule has 0 aliphatic carbocycles. The van der Waals surface area contributed by atoms with Gasteiger partial charge >= 0.3 is 5.97 Å². The molecule has 0 aliphatic rings. The number of nitrogens with two attached hydrogens (primary N) is 2. The number of carboxylic acid groups (broad SMARTS) is 1. The zero-order chi connectivity index (χ0) is 16.9. The molecular weight excluding hydrogens is 282 g/mol.